The van der Waals surface area contributed by atoms with Crippen LogP contribution in [0, 0.1) is 0 Å². The Morgan fingerprint density at radius 2 is 2.13 bits per heavy atom. The minimum absolute atomic E-state index is 0.0355. The molecule has 23 heavy (non-hydrogen) atoms. The van der Waals surface area contributed by atoms with Crippen LogP contribution in [0.5, 0.6) is 0 Å². The highest BCUT2D eigenvalue weighted by molar-refractivity contribution is 7.98. The zero-order valence-electron chi connectivity index (χ0n) is 12.3. The summed E-state index contributed by atoms with van der Waals surface area (Å²) in [4.78, 5) is 24.6. The molecule has 2 aromatic rings. The smallest absolute Gasteiger partial charge is 0.289 e. The molecule has 2 rings (SSSR count). The molecule has 0 fully saturated rings. The maximum Gasteiger partial charge on any atom is 0.433 e. The summed E-state index contributed by atoms with van der Waals surface area (Å²) in [5.74, 6) is 0.218. The molecule has 0 atom stereocenters. The van der Waals surface area contributed by atoms with Crippen molar-refractivity contribution in [1.29, 1.82) is 0 Å². The van der Waals surface area contributed by atoms with Crippen LogP contribution in [-0.2, 0) is 16.7 Å². The average molecular weight is 362 g/mol. The Balaban J connectivity index is 2.05. The Bertz CT molecular complexity index is 690. The van der Waals surface area contributed by atoms with Gasteiger partial charge in [0.15, 0.2) is 10.3 Å². The van der Waals surface area contributed by atoms with Gasteiger partial charge in [0.1, 0.15) is 5.69 Å². The number of hydrogen-bond acceptors (Lipinski definition) is 6. The largest absolute Gasteiger partial charge is 0.433 e. The SMILES string of the molecule is CCN(C(C)=O)c1nc(CSc2nccc(C(F)(F)F)n2)cs1. The fourth-order valence-corrected chi connectivity index (χ4v) is 3.45. The van der Waals surface area contributed by atoms with E-state index in [-0.39, 0.29) is 11.1 Å². The summed E-state index contributed by atoms with van der Waals surface area (Å²) in [5, 5.41) is 2.37. The van der Waals surface area contributed by atoms with Crippen LogP contribution in [0.2, 0.25) is 0 Å². The predicted molar refractivity (Wildman–Crippen MR) is 82.4 cm³/mol. The Labute approximate surface area is 139 Å². The first-order valence-electron chi connectivity index (χ1n) is 6.56. The zero-order valence-corrected chi connectivity index (χ0v) is 13.9. The lowest BCUT2D eigenvalue weighted by Gasteiger charge is -2.14. The van der Waals surface area contributed by atoms with Crippen LogP contribution < -0.4 is 4.90 Å². The third-order valence-corrected chi connectivity index (χ3v) is 4.55. The summed E-state index contributed by atoms with van der Waals surface area (Å²) in [6, 6.07) is 0.830. The molecule has 0 saturated heterocycles. The van der Waals surface area contributed by atoms with E-state index >= 15 is 0 Å². The molecule has 2 aromatic heterocycles. The third kappa shape index (κ3) is 4.64. The summed E-state index contributed by atoms with van der Waals surface area (Å²) in [6.07, 6.45) is -3.41. The number of rotatable bonds is 5. The van der Waals surface area contributed by atoms with Gasteiger partial charge in [-0.15, -0.1) is 11.3 Å². The van der Waals surface area contributed by atoms with Gasteiger partial charge in [0, 0.05) is 30.8 Å². The van der Waals surface area contributed by atoms with Crippen molar-refractivity contribution in [2.24, 2.45) is 0 Å². The number of nitrogens with zero attached hydrogens (tertiary/aromatic N) is 4. The second-order valence-electron chi connectivity index (χ2n) is 4.40. The van der Waals surface area contributed by atoms with Crippen LogP contribution in [-0.4, -0.2) is 27.4 Å². The monoisotopic (exact) mass is 362 g/mol. The molecule has 0 aliphatic heterocycles. The van der Waals surface area contributed by atoms with Gasteiger partial charge in [-0.1, -0.05) is 11.8 Å². The van der Waals surface area contributed by atoms with Crippen LogP contribution >= 0.6 is 23.1 Å². The van der Waals surface area contributed by atoms with Crippen LogP contribution in [0.25, 0.3) is 0 Å². The molecular weight excluding hydrogens is 349 g/mol. The molecule has 0 bridgehead atoms. The van der Waals surface area contributed by atoms with Crippen molar-refractivity contribution in [2.75, 3.05) is 11.4 Å². The third-order valence-electron chi connectivity index (χ3n) is 2.74. The van der Waals surface area contributed by atoms with Gasteiger partial charge in [-0.2, -0.15) is 13.2 Å². The van der Waals surface area contributed by atoms with E-state index in [0.29, 0.717) is 23.1 Å². The van der Waals surface area contributed by atoms with Gasteiger partial charge in [0.2, 0.25) is 5.91 Å². The number of halogens is 3. The summed E-state index contributed by atoms with van der Waals surface area (Å²) < 4.78 is 37.8. The van der Waals surface area contributed by atoms with Crippen LogP contribution in [0.3, 0.4) is 0 Å². The number of hydrogen-bond donors (Lipinski definition) is 0. The predicted octanol–water partition coefficient (Wildman–Crippen LogP) is 3.62. The normalized spacial score (nSPS) is 11.5. The summed E-state index contributed by atoms with van der Waals surface area (Å²) >= 11 is 2.38. The maximum absolute atomic E-state index is 12.6. The van der Waals surface area contributed by atoms with Crippen molar-refractivity contribution in [3.05, 3.63) is 29.0 Å². The van der Waals surface area contributed by atoms with Crippen molar-refractivity contribution < 1.29 is 18.0 Å². The molecule has 0 N–H and O–H groups in total. The lowest BCUT2D eigenvalue weighted by Crippen LogP contribution is -2.27. The fraction of sp³-hybridized carbons (Fsp3) is 0.385. The van der Waals surface area contributed by atoms with E-state index in [1.807, 2.05) is 6.92 Å². The van der Waals surface area contributed by atoms with Crippen molar-refractivity contribution in [1.82, 2.24) is 15.0 Å². The molecule has 0 saturated carbocycles. The molecule has 0 unspecified atom stereocenters. The van der Waals surface area contributed by atoms with E-state index in [9.17, 15) is 18.0 Å². The standard InChI is InChI=1S/C13H13F3N4OS2/c1-3-20(8(2)21)12-18-9(7-23-12)6-22-11-17-5-4-10(19-11)13(14,15)16/h4-5,7H,3,6H2,1-2H3. The number of thioether (sulfide) groups is 1. The highest BCUT2D eigenvalue weighted by Gasteiger charge is 2.32. The van der Waals surface area contributed by atoms with E-state index in [0.717, 1.165) is 24.0 Å². The summed E-state index contributed by atoms with van der Waals surface area (Å²) in [7, 11) is 0. The van der Waals surface area contributed by atoms with E-state index in [1.54, 1.807) is 5.38 Å². The van der Waals surface area contributed by atoms with Gasteiger partial charge < -0.3 is 0 Å². The lowest BCUT2D eigenvalue weighted by atomic mass is 10.4. The molecule has 0 aromatic carbocycles. The quantitative estimate of drug-likeness (QED) is 0.601. The van der Waals surface area contributed by atoms with Crippen molar-refractivity contribution >= 4 is 34.1 Å². The first-order valence-corrected chi connectivity index (χ1v) is 8.43. The fourth-order valence-electron chi connectivity index (χ4n) is 1.69. The van der Waals surface area contributed by atoms with Gasteiger partial charge in [-0.3, -0.25) is 9.69 Å². The number of amides is 1. The highest BCUT2D eigenvalue weighted by Crippen LogP contribution is 2.29. The molecule has 124 valence electrons. The van der Waals surface area contributed by atoms with Crippen LogP contribution in [0.4, 0.5) is 18.3 Å². The molecule has 5 nitrogen and oxygen atoms in total. The minimum atomic E-state index is -4.49. The van der Waals surface area contributed by atoms with Crippen molar-refractivity contribution in [3.8, 4) is 0 Å². The zero-order chi connectivity index (χ0) is 17.0. The second kappa shape index (κ2) is 7.26. The van der Waals surface area contributed by atoms with Crippen molar-refractivity contribution in [2.45, 2.75) is 30.9 Å². The summed E-state index contributed by atoms with van der Waals surface area (Å²) in [6.45, 7) is 3.80. The summed E-state index contributed by atoms with van der Waals surface area (Å²) in [5.41, 5.74) is -0.307. The van der Waals surface area contributed by atoms with E-state index < -0.39 is 11.9 Å². The second-order valence-corrected chi connectivity index (χ2v) is 6.17. The van der Waals surface area contributed by atoms with Crippen molar-refractivity contribution in [3.63, 3.8) is 0 Å². The van der Waals surface area contributed by atoms with Crippen LogP contribution in [0.1, 0.15) is 25.2 Å². The molecule has 0 spiro atoms. The van der Waals surface area contributed by atoms with Gasteiger partial charge in [0.05, 0.1) is 5.69 Å². The number of anilines is 1. The molecule has 0 aliphatic rings. The topological polar surface area (TPSA) is 59.0 Å². The highest BCUT2D eigenvalue weighted by atomic mass is 32.2. The Morgan fingerprint density at radius 1 is 1.39 bits per heavy atom. The molecule has 0 radical (unpaired) electrons. The number of alkyl halides is 3. The number of aromatic nitrogens is 3. The number of carbonyl (C=O) groups is 1. The molecule has 2 heterocycles. The Morgan fingerprint density at radius 3 is 2.74 bits per heavy atom. The average Bonchev–Trinajstić information content (AvgIpc) is 2.93. The molecular formula is C13H13F3N4OS2. The van der Waals surface area contributed by atoms with E-state index in [1.165, 1.54) is 23.2 Å². The van der Waals surface area contributed by atoms with E-state index in [4.69, 9.17) is 0 Å². The first-order chi connectivity index (χ1) is 10.8. The minimum Gasteiger partial charge on any atom is -0.289 e. The van der Waals surface area contributed by atoms with Gasteiger partial charge in [-0.05, 0) is 13.0 Å². The van der Waals surface area contributed by atoms with Gasteiger partial charge in [0.25, 0.3) is 0 Å². The Kier molecular flexibility index (Phi) is 5.58. The first kappa shape index (κ1) is 17.7. The molecule has 0 aliphatic carbocycles. The lowest BCUT2D eigenvalue weighted by molar-refractivity contribution is -0.141. The van der Waals surface area contributed by atoms with Gasteiger partial charge in [-0.25, -0.2) is 15.0 Å². The van der Waals surface area contributed by atoms with Crippen LogP contribution in [0.15, 0.2) is 22.8 Å². The number of thiazole rings is 1. The molecule has 1 amide bonds. The number of carbonyl (C=O) groups excluding carboxylic acids is 1. The van der Waals surface area contributed by atoms with Gasteiger partial charge >= 0.3 is 6.18 Å². The Hall–Kier alpha value is -1.68. The van der Waals surface area contributed by atoms with E-state index in [2.05, 4.69) is 15.0 Å². The molecule has 10 heteroatoms. The maximum atomic E-state index is 12.6.